The zero-order valence-electron chi connectivity index (χ0n) is 27.0. The van der Waals surface area contributed by atoms with Gasteiger partial charge in [-0.1, -0.05) is 52.8 Å². The number of carbonyl (C=O) groups excluding carboxylic acids is 1. The molecule has 3 N–H and O–H groups in total. The van der Waals surface area contributed by atoms with Gasteiger partial charge in [0.1, 0.15) is 0 Å². The van der Waals surface area contributed by atoms with E-state index in [-0.39, 0.29) is 22.8 Å². The van der Waals surface area contributed by atoms with E-state index >= 15 is 0 Å². The minimum absolute atomic E-state index is 0.0298. The lowest BCUT2D eigenvalue weighted by Crippen LogP contribution is -2.29. The number of ether oxygens (including phenoxy) is 1. The quantitative estimate of drug-likeness (QED) is 0.177. The van der Waals surface area contributed by atoms with Crippen molar-refractivity contribution in [1.82, 2.24) is 9.55 Å². The largest absolute Gasteiger partial charge is 0.478 e. The SMILES string of the molecule is COC(=O)c1ccc2c(c1)ncn2[C@H]1C[C@@H](C)CC(C)(C)C1.Cc1ccc(C(=O)O)c(Nc2ccc(C(C)C)cc2)c1C(=O)O. The van der Waals surface area contributed by atoms with Crippen LogP contribution < -0.4 is 5.32 Å². The zero-order chi connectivity index (χ0) is 33.1. The molecule has 1 saturated carbocycles. The molecule has 238 valence electrons. The highest BCUT2D eigenvalue weighted by molar-refractivity contribution is 6.05. The molecule has 0 unspecified atom stereocenters. The van der Waals surface area contributed by atoms with Crippen LogP contribution in [-0.4, -0.2) is 44.8 Å². The lowest BCUT2D eigenvalue weighted by molar-refractivity contribution is 0.0599. The van der Waals surface area contributed by atoms with E-state index in [9.17, 15) is 24.6 Å². The summed E-state index contributed by atoms with van der Waals surface area (Å²) in [7, 11) is 1.40. The second kappa shape index (κ2) is 13.5. The Labute approximate surface area is 264 Å². The number of fused-ring (bicyclic) bond motifs is 1. The average molecular weight is 614 g/mol. The van der Waals surface area contributed by atoms with Gasteiger partial charge in [-0.25, -0.2) is 19.4 Å². The van der Waals surface area contributed by atoms with Crippen LogP contribution in [0.1, 0.15) is 108 Å². The van der Waals surface area contributed by atoms with E-state index in [1.807, 2.05) is 48.8 Å². The topological polar surface area (TPSA) is 131 Å². The van der Waals surface area contributed by atoms with Gasteiger partial charge < -0.3 is 24.8 Å². The van der Waals surface area contributed by atoms with Crippen LogP contribution in [0.25, 0.3) is 11.0 Å². The highest BCUT2D eigenvalue weighted by Gasteiger charge is 2.33. The van der Waals surface area contributed by atoms with Crippen LogP contribution >= 0.6 is 0 Å². The Morgan fingerprint density at radius 1 is 1.00 bits per heavy atom. The lowest BCUT2D eigenvalue weighted by Gasteiger charge is -2.39. The van der Waals surface area contributed by atoms with Crippen molar-refractivity contribution in [3.05, 3.63) is 88.7 Å². The van der Waals surface area contributed by atoms with Gasteiger partial charge in [-0.05, 0) is 91.0 Å². The predicted octanol–water partition coefficient (Wildman–Crippen LogP) is 8.47. The molecule has 9 heteroatoms. The molecule has 1 aromatic heterocycles. The standard InChI is InChI=1S/C18H24N2O2.C18H19NO4/c1-12-7-14(10-18(2,3)9-12)20-11-19-15-8-13(17(21)22-4)5-6-16(15)20;1-10(2)12-5-7-13(8-6-12)19-16-14(17(20)21)9-4-11(3)15(16)18(22)23/h5-6,8,11-12,14H,7,9-10H2,1-4H3;4-10,19H,1-3H3,(H,20,21)(H,22,23)/t12-,14+;/m1./s1. The Morgan fingerprint density at radius 2 is 1.69 bits per heavy atom. The number of imidazole rings is 1. The van der Waals surface area contributed by atoms with E-state index in [1.54, 1.807) is 6.92 Å². The van der Waals surface area contributed by atoms with Gasteiger partial charge in [0.15, 0.2) is 0 Å². The smallest absolute Gasteiger partial charge is 0.338 e. The minimum Gasteiger partial charge on any atom is -0.478 e. The van der Waals surface area contributed by atoms with E-state index < -0.39 is 11.9 Å². The number of esters is 1. The summed E-state index contributed by atoms with van der Waals surface area (Å²) in [6.07, 6.45) is 5.56. The number of aromatic carboxylic acids is 2. The molecule has 1 aliphatic rings. The van der Waals surface area contributed by atoms with Crippen molar-refractivity contribution in [1.29, 1.82) is 0 Å². The van der Waals surface area contributed by atoms with Gasteiger partial charge >= 0.3 is 17.9 Å². The molecular formula is C36H43N3O6. The average Bonchev–Trinajstić information content (AvgIpc) is 3.39. The van der Waals surface area contributed by atoms with Gasteiger partial charge in [-0.2, -0.15) is 0 Å². The number of hydrogen-bond donors (Lipinski definition) is 3. The highest BCUT2D eigenvalue weighted by atomic mass is 16.5. The van der Waals surface area contributed by atoms with E-state index in [0.29, 0.717) is 34.2 Å². The maximum absolute atomic E-state index is 11.6. The first-order valence-electron chi connectivity index (χ1n) is 15.2. The summed E-state index contributed by atoms with van der Waals surface area (Å²) >= 11 is 0. The molecule has 1 aliphatic carbocycles. The molecule has 0 saturated heterocycles. The molecule has 1 fully saturated rings. The van der Waals surface area contributed by atoms with Crippen molar-refractivity contribution in [3.8, 4) is 0 Å². The number of carboxylic acids is 2. The summed E-state index contributed by atoms with van der Waals surface area (Å²) in [6.45, 7) is 12.8. The molecule has 0 aliphatic heterocycles. The monoisotopic (exact) mass is 613 g/mol. The fourth-order valence-electron chi connectivity index (χ4n) is 6.46. The van der Waals surface area contributed by atoms with Gasteiger partial charge in [0.2, 0.25) is 0 Å². The molecule has 45 heavy (non-hydrogen) atoms. The third-order valence-electron chi connectivity index (χ3n) is 8.46. The lowest BCUT2D eigenvalue weighted by atomic mass is 9.70. The third kappa shape index (κ3) is 7.71. The Balaban J connectivity index is 0.000000205. The Hall–Kier alpha value is -4.66. The number of methoxy groups -OCH3 is 1. The number of anilines is 2. The fraction of sp³-hybridized carbons (Fsp3) is 0.389. The second-order valence-corrected chi connectivity index (χ2v) is 13.1. The maximum atomic E-state index is 11.6. The van der Waals surface area contributed by atoms with Crippen molar-refractivity contribution in [2.45, 2.75) is 72.8 Å². The predicted molar refractivity (Wildman–Crippen MR) is 176 cm³/mol. The van der Waals surface area contributed by atoms with Crippen molar-refractivity contribution >= 4 is 40.3 Å². The molecule has 4 aromatic rings. The number of nitrogens with one attached hydrogen (secondary N) is 1. The number of aromatic nitrogens is 2. The number of nitrogens with zero attached hydrogens (tertiary/aromatic N) is 2. The van der Waals surface area contributed by atoms with Crippen molar-refractivity contribution < 1.29 is 29.3 Å². The molecule has 9 nitrogen and oxygen atoms in total. The summed E-state index contributed by atoms with van der Waals surface area (Å²) in [5, 5.41) is 21.7. The van der Waals surface area contributed by atoms with E-state index in [2.05, 4.69) is 49.5 Å². The van der Waals surface area contributed by atoms with Gasteiger partial charge in [0.25, 0.3) is 0 Å². The number of benzene rings is 3. The first-order valence-corrected chi connectivity index (χ1v) is 15.2. The summed E-state index contributed by atoms with van der Waals surface area (Å²) in [5.74, 6) is -1.54. The van der Waals surface area contributed by atoms with Crippen LogP contribution in [-0.2, 0) is 4.74 Å². The Kier molecular flexibility index (Phi) is 10.0. The molecule has 3 aromatic carbocycles. The molecular weight excluding hydrogens is 570 g/mol. The summed E-state index contributed by atoms with van der Waals surface area (Å²) in [4.78, 5) is 39.1. The summed E-state index contributed by atoms with van der Waals surface area (Å²) < 4.78 is 7.06. The first kappa shape index (κ1) is 33.2. The molecule has 1 heterocycles. The van der Waals surface area contributed by atoms with Crippen LogP contribution in [0.4, 0.5) is 11.4 Å². The van der Waals surface area contributed by atoms with Crippen molar-refractivity contribution in [2.24, 2.45) is 11.3 Å². The molecule has 0 bridgehead atoms. The molecule has 5 rings (SSSR count). The summed E-state index contributed by atoms with van der Waals surface area (Å²) in [5.41, 5.74) is 5.18. The van der Waals surface area contributed by atoms with Crippen LogP contribution in [0.3, 0.4) is 0 Å². The van der Waals surface area contributed by atoms with Crippen molar-refractivity contribution in [2.75, 3.05) is 12.4 Å². The molecule has 0 radical (unpaired) electrons. The Morgan fingerprint density at radius 3 is 2.27 bits per heavy atom. The van der Waals surface area contributed by atoms with E-state index in [4.69, 9.17) is 4.74 Å². The van der Waals surface area contributed by atoms with Crippen LogP contribution in [0.2, 0.25) is 0 Å². The maximum Gasteiger partial charge on any atom is 0.338 e. The van der Waals surface area contributed by atoms with E-state index in [0.717, 1.165) is 22.5 Å². The highest BCUT2D eigenvalue weighted by Crippen LogP contribution is 2.44. The number of carbonyl (C=O) groups is 3. The molecule has 0 amide bonds. The molecule has 0 spiro atoms. The molecule has 2 atom stereocenters. The first-order chi connectivity index (χ1) is 21.2. The number of hydrogen-bond acceptors (Lipinski definition) is 6. The number of rotatable bonds is 7. The second-order valence-electron chi connectivity index (χ2n) is 13.1. The Bertz CT molecular complexity index is 1700. The minimum atomic E-state index is -1.17. The third-order valence-corrected chi connectivity index (χ3v) is 8.46. The van der Waals surface area contributed by atoms with Crippen LogP contribution in [0.5, 0.6) is 0 Å². The van der Waals surface area contributed by atoms with E-state index in [1.165, 1.54) is 38.5 Å². The van der Waals surface area contributed by atoms with Gasteiger partial charge in [-0.3, -0.25) is 0 Å². The number of aryl methyl sites for hydroxylation is 1. The fourth-order valence-corrected chi connectivity index (χ4v) is 6.46. The van der Waals surface area contributed by atoms with Gasteiger partial charge in [0, 0.05) is 11.7 Å². The van der Waals surface area contributed by atoms with Crippen molar-refractivity contribution in [3.63, 3.8) is 0 Å². The van der Waals surface area contributed by atoms with Gasteiger partial charge in [0.05, 0.1) is 46.8 Å². The summed E-state index contributed by atoms with van der Waals surface area (Å²) in [6, 6.07) is 16.5. The zero-order valence-corrected chi connectivity index (χ0v) is 27.0. The normalized spacial score (nSPS) is 17.3. The number of carboxylic acid groups (broad SMARTS) is 2. The van der Waals surface area contributed by atoms with Crippen LogP contribution in [0.15, 0.2) is 60.9 Å². The van der Waals surface area contributed by atoms with Gasteiger partial charge in [-0.15, -0.1) is 0 Å². The van der Waals surface area contributed by atoms with Crippen LogP contribution in [0, 0.1) is 18.3 Å².